The number of benzene rings is 1. The third-order valence-electron chi connectivity index (χ3n) is 2.96. The smallest absolute Gasteiger partial charge is 0.110 e. The summed E-state index contributed by atoms with van der Waals surface area (Å²) in [6, 6.07) is 12.4. The summed E-state index contributed by atoms with van der Waals surface area (Å²) < 4.78 is 0. The van der Waals surface area contributed by atoms with Gasteiger partial charge in [-0.2, -0.15) is 5.26 Å². The third-order valence-corrected chi connectivity index (χ3v) is 2.96. The second kappa shape index (κ2) is 7.05. The molecule has 0 aliphatic rings. The zero-order valence-corrected chi connectivity index (χ0v) is 10.3. The van der Waals surface area contributed by atoms with Crippen LogP contribution in [-0.2, 0) is 6.42 Å². The average Bonchev–Trinajstić information content (AvgIpc) is 2.39. The molecule has 0 aliphatic carbocycles. The molecule has 0 heterocycles. The lowest BCUT2D eigenvalue weighted by molar-refractivity contribution is 0.276. The zero-order valence-electron chi connectivity index (χ0n) is 10.3. The lowest BCUT2D eigenvalue weighted by atomic mass is 9.89. The summed E-state index contributed by atoms with van der Waals surface area (Å²) in [6.45, 7) is 2.84. The lowest BCUT2D eigenvalue weighted by Crippen LogP contribution is -2.46. The maximum absolute atomic E-state index is 9.36. The fourth-order valence-electron chi connectivity index (χ4n) is 1.82. The van der Waals surface area contributed by atoms with E-state index in [1.54, 1.807) is 0 Å². The van der Waals surface area contributed by atoms with Gasteiger partial charge in [-0.3, -0.25) is 5.32 Å². The van der Waals surface area contributed by atoms with Crippen LogP contribution in [0, 0.1) is 11.3 Å². The number of aliphatic hydroxyl groups is 1. The fraction of sp³-hybridized carbons (Fsp3) is 0.500. The topological polar surface area (TPSA) is 56.0 Å². The predicted octanol–water partition coefficient (Wildman–Crippen LogP) is 1.87. The molecular weight excluding hydrogens is 212 g/mol. The molecule has 17 heavy (non-hydrogen) atoms. The molecular formula is C14H20N2O. The second-order valence-electron chi connectivity index (χ2n) is 4.21. The summed E-state index contributed by atoms with van der Waals surface area (Å²) in [7, 11) is 0. The molecule has 0 fully saturated rings. The highest BCUT2D eigenvalue weighted by Crippen LogP contribution is 2.16. The maximum atomic E-state index is 9.36. The average molecular weight is 232 g/mol. The monoisotopic (exact) mass is 232 g/mol. The summed E-state index contributed by atoms with van der Waals surface area (Å²) in [5.41, 5.74) is 0.642. The van der Waals surface area contributed by atoms with Crippen LogP contribution in [0.3, 0.4) is 0 Å². The second-order valence-corrected chi connectivity index (χ2v) is 4.21. The van der Waals surface area contributed by atoms with Crippen molar-refractivity contribution in [1.29, 1.82) is 5.26 Å². The highest BCUT2D eigenvalue weighted by Gasteiger charge is 2.27. The number of nitrogens with zero attached hydrogens (tertiary/aromatic N) is 1. The minimum atomic E-state index is -0.517. The summed E-state index contributed by atoms with van der Waals surface area (Å²) in [6.07, 6.45) is 2.13. The van der Waals surface area contributed by atoms with Crippen molar-refractivity contribution < 1.29 is 5.11 Å². The SMILES string of the molecule is CCC(C#N)(Cc1ccccc1)NCCCO. The zero-order chi connectivity index (χ0) is 12.6. The van der Waals surface area contributed by atoms with Crippen LogP contribution < -0.4 is 5.32 Å². The predicted molar refractivity (Wildman–Crippen MR) is 68.5 cm³/mol. The van der Waals surface area contributed by atoms with Crippen LogP contribution in [0.5, 0.6) is 0 Å². The number of rotatable bonds is 7. The van der Waals surface area contributed by atoms with Crippen molar-refractivity contribution in [3.63, 3.8) is 0 Å². The van der Waals surface area contributed by atoms with Crippen LogP contribution in [0.4, 0.5) is 0 Å². The van der Waals surface area contributed by atoms with E-state index < -0.39 is 5.54 Å². The Morgan fingerprint density at radius 3 is 2.59 bits per heavy atom. The van der Waals surface area contributed by atoms with Gasteiger partial charge >= 0.3 is 0 Å². The Morgan fingerprint density at radius 1 is 1.35 bits per heavy atom. The summed E-state index contributed by atoms with van der Waals surface area (Å²) >= 11 is 0. The van der Waals surface area contributed by atoms with Gasteiger partial charge in [-0.1, -0.05) is 37.3 Å². The molecule has 0 amide bonds. The summed E-state index contributed by atoms with van der Waals surface area (Å²) in [5, 5.41) is 21.4. The molecule has 0 aliphatic heterocycles. The van der Waals surface area contributed by atoms with E-state index in [0.717, 1.165) is 12.0 Å². The number of hydrogen-bond donors (Lipinski definition) is 2. The summed E-state index contributed by atoms with van der Waals surface area (Å²) in [4.78, 5) is 0. The van der Waals surface area contributed by atoms with Crippen LogP contribution in [-0.4, -0.2) is 23.8 Å². The van der Waals surface area contributed by atoms with Crippen LogP contribution in [0.2, 0.25) is 0 Å². The van der Waals surface area contributed by atoms with Crippen LogP contribution in [0.15, 0.2) is 30.3 Å². The van der Waals surface area contributed by atoms with Gasteiger partial charge in [0, 0.05) is 13.0 Å². The van der Waals surface area contributed by atoms with Crippen molar-refractivity contribution in [2.75, 3.05) is 13.2 Å². The van der Waals surface area contributed by atoms with Gasteiger partial charge in [-0.15, -0.1) is 0 Å². The van der Waals surface area contributed by atoms with Crippen LogP contribution in [0.1, 0.15) is 25.3 Å². The summed E-state index contributed by atoms with van der Waals surface area (Å²) in [5.74, 6) is 0. The molecule has 1 atom stereocenters. The van der Waals surface area contributed by atoms with Crippen molar-refractivity contribution >= 4 is 0 Å². The molecule has 1 aromatic carbocycles. The fourth-order valence-corrected chi connectivity index (χ4v) is 1.82. The van der Waals surface area contributed by atoms with Crippen LogP contribution >= 0.6 is 0 Å². The van der Waals surface area contributed by atoms with Crippen molar-refractivity contribution in [2.45, 2.75) is 31.7 Å². The number of nitrogens with one attached hydrogen (secondary N) is 1. The van der Waals surface area contributed by atoms with E-state index in [1.807, 2.05) is 37.3 Å². The Morgan fingerprint density at radius 2 is 2.06 bits per heavy atom. The quantitative estimate of drug-likeness (QED) is 0.706. The van der Waals surface area contributed by atoms with Gasteiger partial charge in [0.2, 0.25) is 0 Å². The van der Waals surface area contributed by atoms with Gasteiger partial charge in [0.05, 0.1) is 6.07 Å². The molecule has 1 unspecified atom stereocenters. The highest BCUT2D eigenvalue weighted by atomic mass is 16.3. The van der Waals surface area contributed by atoms with Gasteiger partial charge in [-0.25, -0.2) is 0 Å². The number of nitriles is 1. The molecule has 0 saturated carbocycles. The number of aliphatic hydroxyl groups excluding tert-OH is 1. The first-order chi connectivity index (χ1) is 8.26. The Labute approximate surface area is 103 Å². The normalized spacial score (nSPS) is 13.9. The van der Waals surface area contributed by atoms with E-state index in [2.05, 4.69) is 11.4 Å². The van der Waals surface area contributed by atoms with E-state index in [1.165, 1.54) is 0 Å². The van der Waals surface area contributed by atoms with Crippen LogP contribution in [0.25, 0.3) is 0 Å². The minimum Gasteiger partial charge on any atom is -0.396 e. The molecule has 0 bridgehead atoms. The van der Waals surface area contributed by atoms with E-state index in [0.29, 0.717) is 19.4 Å². The largest absolute Gasteiger partial charge is 0.396 e. The first-order valence-corrected chi connectivity index (χ1v) is 6.07. The van der Waals surface area contributed by atoms with Gasteiger partial charge < -0.3 is 5.11 Å². The van der Waals surface area contributed by atoms with Gasteiger partial charge in [0.1, 0.15) is 5.54 Å². The van der Waals surface area contributed by atoms with Crippen molar-refractivity contribution in [3.05, 3.63) is 35.9 Å². The van der Waals surface area contributed by atoms with Gasteiger partial charge in [0.15, 0.2) is 0 Å². The molecule has 3 heteroatoms. The molecule has 2 N–H and O–H groups in total. The molecule has 0 radical (unpaired) electrons. The Balaban J connectivity index is 2.68. The molecule has 3 nitrogen and oxygen atoms in total. The Hall–Kier alpha value is -1.37. The molecule has 1 rings (SSSR count). The highest BCUT2D eigenvalue weighted by molar-refractivity contribution is 5.22. The Kier molecular flexibility index (Phi) is 5.68. The molecule has 0 saturated heterocycles. The van der Waals surface area contributed by atoms with Gasteiger partial charge in [-0.05, 0) is 24.9 Å². The first-order valence-electron chi connectivity index (χ1n) is 6.07. The molecule has 1 aromatic rings. The molecule has 92 valence electrons. The van der Waals surface area contributed by atoms with Gasteiger partial charge in [0.25, 0.3) is 0 Å². The lowest BCUT2D eigenvalue weighted by Gasteiger charge is -2.26. The standard InChI is InChI=1S/C14H20N2O/c1-2-14(12-15,16-9-6-10-17)11-13-7-4-3-5-8-13/h3-5,7-8,16-17H,2,6,9-11H2,1H3. The third kappa shape index (κ3) is 4.18. The minimum absolute atomic E-state index is 0.156. The molecule has 0 spiro atoms. The first kappa shape index (κ1) is 13.7. The van der Waals surface area contributed by atoms with E-state index in [4.69, 9.17) is 5.11 Å². The van der Waals surface area contributed by atoms with E-state index in [9.17, 15) is 5.26 Å². The van der Waals surface area contributed by atoms with Crippen molar-refractivity contribution in [2.24, 2.45) is 0 Å². The van der Waals surface area contributed by atoms with E-state index in [-0.39, 0.29) is 6.61 Å². The maximum Gasteiger partial charge on any atom is 0.110 e. The molecule has 0 aromatic heterocycles. The van der Waals surface area contributed by atoms with Crippen molar-refractivity contribution in [3.8, 4) is 6.07 Å². The number of hydrogen-bond acceptors (Lipinski definition) is 3. The Bertz CT molecular complexity index is 358. The van der Waals surface area contributed by atoms with E-state index >= 15 is 0 Å². The van der Waals surface area contributed by atoms with Crippen molar-refractivity contribution in [1.82, 2.24) is 5.32 Å².